The highest BCUT2D eigenvalue weighted by Gasteiger charge is 2.13. The van der Waals surface area contributed by atoms with Gasteiger partial charge in [-0.3, -0.25) is 9.78 Å². The van der Waals surface area contributed by atoms with Gasteiger partial charge in [0.15, 0.2) is 11.6 Å². The average Bonchev–Trinajstić information content (AvgIpc) is 2.57. The predicted molar refractivity (Wildman–Crippen MR) is 88.4 cm³/mol. The van der Waals surface area contributed by atoms with Crippen LogP contribution in [0.5, 0.6) is 0 Å². The highest BCUT2D eigenvalue weighted by Crippen LogP contribution is 2.18. The fourth-order valence-electron chi connectivity index (χ4n) is 2.64. The van der Waals surface area contributed by atoms with Crippen LogP contribution in [0.1, 0.15) is 24.1 Å². The van der Waals surface area contributed by atoms with Gasteiger partial charge in [-0.25, -0.2) is 8.78 Å². The third-order valence-corrected chi connectivity index (χ3v) is 3.89. The van der Waals surface area contributed by atoms with Gasteiger partial charge in [-0.1, -0.05) is 30.3 Å². The van der Waals surface area contributed by atoms with E-state index in [9.17, 15) is 13.6 Å². The molecular formula is C19H16F2N2O. The first-order valence-corrected chi connectivity index (χ1v) is 7.61. The van der Waals surface area contributed by atoms with Crippen LogP contribution in [0.4, 0.5) is 8.78 Å². The first-order valence-electron chi connectivity index (χ1n) is 7.61. The molecule has 1 amide bonds. The highest BCUT2D eigenvalue weighted by atomic mass is 19.2. The zero-order chi connectivity index (χ0) is 17.1. The number of nitrogens with zero attached hydrogens (tertiary/aromatic N) is 1. The maximum absolute atomic E-state index is 13.3. The molecule has 3 nitrogen and oxygen atoms in total. The van der Waals surface area contributed by atoms with E-state index in [1.54, 1.807) is 13.1 Å². The number of nitrogens with one attached hydrogen (secondary N) is 1. The number of carbonyl (C=O) groups excluding carboxylic acids is 1. The Morgan fingerprint density at radius 3 is 2.71 bits per heavy atom. The summed E-state index contributed by atoms with van der Waals surface area (Å²) < 4.78 is 26.3. The Morgan fingerprint density at radius 2 is 1.92 bits per heavy atom. The Morgan fingerprint density at radius 1 is 1.12 bits per heavy atom. The molecule has 1 heterocycles. The van der Waals surface area contributed by atoms with E-state index in [-0.39, 0.29) is 12.3 Å². The minimum Gasteiger partial charge on any atom is -0.349 e. The Labute approximate surface area is 138 Å². The topological polar surface area (TPSA) is 42.0 Å². The summed E-state index contributed by atoms with van der Waals surface area (Å²) in [4.78, 5) is 16.6. The van der Waals surface area contributed by atoms with E-state index in [4.69, 9.17) is 0 Å². The van der Waals surface area contributed by atoms with Crippen molar-refractivity contribution in [3.05, 3.63) is 77.5 Å². The van der Waals surface area contributed by atoms with Gasteiger partial charge >= 0.3 is 0 Å². The van der Waals surface area contributed by atoms with Gasteiger partial charge in [-0.05, 0) is 36.2 Å². The van der Waals surface area contributed by atoms with Crippen LogP contribution in [0, 0.1) is 11.6 Å². The fraction of sp³-hybridized carbons (Fsp3) is 0.158. The molecule has 1 N–H and O–H groups in total. The van der Waals surface area contributed by atoms with Crippen LogP contribution in [-0.4, -0.2) is 10.9 Å². The third-order valence-electron chi connectivity index (χ3n) is 3.89. The molecule has 0 aliphatic rings. The zero-order valence-electron chi connectivity index (χ0n) is 13.1. The van der Waals surface area contributed by atoms with Gasteiger partial charge in [-0.2, -0.15) is 0 Å². The van der Waals surface area contributed by atoms with E-state index in [0.29, 0.717) is 5.56 Å². The van der Waals surface area contributed by atoms with Crippen LogP contribution in [0.15, 0.2) is 54.7 Å². The van der Waals surface area contributed by atoms with Crippen molar-refractivity contribution in [2.75, 3.05) is 0 Å². The number of aromatic nitrogens is 1. The van der Waals surface area contributed by atoms with Gasteiger partial charge in [0, 0.05) is 11.6 Å². The number of fused-ring (bicyclic) bond motifs is 1. The van der Waals surface area contributed by atoms with E-state index in [2.05, 4.69) is 10.3 Å². The number of amides is 1. The van der Waals surface area contributed by atoms with Crippen molar-refractivity contribution < 1.29 is 13.6 Å². The summed E-state index contributed by atoms with van der Waals surface area (Å²) >= 11 is 0. The van der Waals surface area contributed by atoms with E-state index in [0.717, 1.165) is 28.6 Å². The Bertz CT molecular complexity index is 890. The molecule has 0 aliphatic heterocycles. The lowest BCUT2D eigenvalue weighted by atomic mass is 10.1. The van der Waals surface area contributed by atoms with Crippen molar-refractivity contribution in [1.82, 2.24) is 10.3 Å². The largest absolute Gasteiger partial charge is 0.349 e. The van der Waals surface area contributed by atoms with Crippen LogP contribution in [0.3, 0.4) is 0 Å². The smallest absolute Gasteiger partial charge is 0.224 e. The molecule has 0 radical (unpaired) electrons. The molecule has 1 unspecified atom stereocenters. The summed E-state index contributed by atoms with van der Waals surface area (Å²) in [6.07, 6.45) is 1.86. The summed E-state index contributed by atoms with van der Waals surface area (Å²) in [6.45, 7) is 1.73. The van der Waals surface area contributed by atoms with Crippen molar-refractivity contribution in [2.45, 2.75) is 19.4 Å². The Kier molecular flexibility index (Phi) is 4.51. The third kappa shape index (κ3) is 3.40. The average molecular weight is 326 g/mol. The number of pyridine rings is 1. The number of hydrogen-bond acceptors (Lipinski definition) is 2. The van der Waals surface area contributed by atoms with Crippen LogP contribution < -0.4 is 5.32 Å². The first kappa shape index (κ1) is 16.1. The normalized spacial score (nSPS) is 12.1. The highest BCUT2D eigenvalue weighted by molar-refractivity contribution is 5.87. The molecule has 122 valence electrons. The van der Waals surface area contributed by atoms with Crippen molar-refractivity contribution in [1.29, 1.82) is 0 Å². The molecule has 0 saturated heterocycles. The number of benzene rings is 2. The molecule has 0 aliphatic carbocycles. The van der Waals surface area contributed by atoms with Gasteiger partial charge in [-0.15, -0.1) is 0 Å². The van der Waals surface area contributed by atoms with Crippen LogP contribution >= 0.6 is 0 Å². The Hall–Kier alpha value is -2.82. The molecule has 0 spiro atoms. The quantitative estimate of drug-likeness (QED) is 0.789. The molecule has 0 bridgehead atoms. The monoisotopic (exact) mass is 326 g/mol. The fourth-order valence-corrected chi connectivity index (χ4v) is 2.64. The summed E-state index contributed by atoms with van der Waals surface area (Å²) in [6, 6.07) is 12.7. The SMILES string of the molecule is CC(NC(=O)Cc1cccc2cccnc12)c1ccc(F)c(F)c1. The van der Waals surface area contributed by atoms with E-state index in [1.165, 1.54) is 6.07 Å². The second-order valence-electron chi connectivity index (χ2n) is 5.63. The Balaban J connectivity index is 1.74. The summed E-state index contributed by atoms with van der Waals surface area (Å²) in [5, 5.41) is 3.77. The van der Waals surface area contributed by atoms with Crippen molar-refractivity contribution in [3.63, 3.8) is 0 Å². The van der Waals surface area contributed by atoms with Crippen LogP contribution in [-0.2, 0) is 11.2 Å². The molecule has 5 heteroatoms. The van der Waals surface area contributed by atoms with E-state index >= 15 is 0 Å². The molecule has 2 aromatic carbocycles. The molecule has 1 aromatic heterocycles. The van der Waals surface area contributed by atoms with Crippen LogP contribution in [0.2, 0.25) is 0 Å². The maximum Gasteiger partial charge on any atom is 0.224 e. The van der Waals surface area contributed by atoms with Crippen molar-refractivity contribution in [2.24, 2.45) is 0 Å². The van der Waals surface area contributed by atoms with Gasteiger partial charge in [0.2, 0.25) is 5.91 Å². The molecule has 3 aromatic rings. The molecule has 0 fully saturated rings. The minimum absolute atomic E-state index is 0.169. The van der Waals surface area contributed by atoms with Crippen molar-refractivity contribution in [3.8, 4) is 0 Å². The number of carbonyl (C=O) groups is 1. The van der Waals surface area contributed by atoms with Crippen molar-refractivity contribution >= 4 is 16.8 Å². The summed E-state index contributed by atoms with van der Waals surface area (Å²) in [5.41, 5.74) is 2.12. The van der Waals surface area contributed by atoms with E-state index in [1.807, 2.05) is 30.3 Å². The zero-order valence-corrected chi connectivity index (χ0v) is 13.1. The maximum atomic E-state index is 13.3. The number of hydrogen-bond donors (Lipinski definition) is 1. The van der Waals surface area contributed by atoms with Crippen LogP contribution in [0.25, 0.3) is 10.9 Å². The second kappa shape index (κ2) is 6.74. The first-order chi connectivity index (χ1) is 11.5. The van der Waals surface area contributed by atoms with Gasteiger partial charge < -0.3 is 5.32 Å². The van der Waals surface area contributed by atoms with Gasteiger partial charge in [0.05, 0.1) is 18.0 Å². The standard InChI is InChI=1S/C19H16F2N2O/c1-12(14-7-8-16(20)17(21)10-14)23-18(24)11-15-5-2-4-13-6-3-9-22-19(13)15/h2-10,12H,11H2,1H3,(H,23,24). The molecule has 0 saturated carbocycles. The summed E-state index contributed by atoms with van der Waals surface area (Å²) in [5.74, 6) is -2.03. The number of rotatable bonds is 4. The minimum atomic E-state index is -0.924. The molecular weight excluding hydrogens is 310 g/mol. The predicted octanol–water partition coefficient (Wildman–Crippen LogP) is 3.93. The lowest BCUT2D eigenvalue weighted by molar-refractivity contribution is -0.121. The lowest BCUT2D eigenvalue weighted by Crippen LogP contribution is -2.28. The number of halogens is 2. The summed E-state index contributed by atoms with van der Waals surface area (Å²) in [7, 11) is 0. The molecule has 1 atom stereocenters. The van der Waals surface area contributed by atoms with Gasteiger partial charge in [0.1, 0.15) is 0 Å². The second-order valence-corrected chi connectivity index (χ2v) is 5.63. The lowest BCUT2D eigenvalue weighted by Gasteiger charge is -2.15. The molecule has 24 heavy (non-hydrogen) atoms. The van der Waals surface area contributed by atoms with E-state index < -0.39 is 17.7 Å². The number of para-hydroxylation sites is 1. The van der Waals surface area contributed by atoms with Gasteiger partial charge in [0.25, 0.3) is 0 Å². The molecule has 3 rings (SSSR count).